The summed E-state index contributed by atoms with van der Waals surface area (Å²) in [6, 6.07) is 8.50. The first-order valence-corrected chi connectivity index (χ1v) is 11.2. The first-order valence-electron chi connectivity index (χ1n) is 9.67. The van der Waals surface area contributed by atoms with Crippen LogP contribution in [0, 0.1) is 17.1 Å². The van der Waals surface area contributed by atoms with Gasteiger partial charge in [-0.15, -0.1) is 0 Å². The molecule has 0 bridgehead atoms. The highest BCUT2D eigenvalue weighted by Gasteiger charge is 2.30. The SMILES string of the molecule is Cn1cnc2ccc(Oc3c(F)ccc(NS(=O)(=O)C4CCCC4)c3C#N)cc2c1=O. The second-order valence-corrected chi connectivity index (χ2v) is 9.37. The number of hydrogen-bond donors (Lipinski definition) is 1. The van der Waals surface area contributed by atoms with Crippen LogP contribution in [0.4, 0.5) is 10.1 Å². The first-order chi connectivity index (χ1) is 14.8. The van der Waals surface area contributed by atoms with Gasteiger partial charge in [-0.25, -0.2) is 17.8 Å². The van der Waals surface area contributed by atoms with E-state index in [9.17, 15) is 22.9 Å². The molecule has 0 amide bonds. The molecule has 2 aromatic carbocycles. The van der Waals surface area contributed by atoms with E-state index >= 15 is 0 Å². The van der Waals surface area contributed by atoms with Gasteiger partial charge >= 0.3 is 0 Å². The number of fused-ring (bicyclic) bond motifs is 1. The van der Waals surface area contributed by atoms with E-state index in [1.165, 1.54) is 29.1 Å². The van der Waals surface area contributed by atoms with E-state index in [0.29, 0.717) is 18.4 Å². The van der Waals surface area contributed by atoms with Crippen molar-refractivity contribution >= 4 is 26.6 Å². The molecule has 1 aromatic heterocycles. The van der Waals surface area contributed by atoms with Crippen molar-refractivity contribution in [2.45, 2.75) is 30.9 Å². The first kappa shape index (κ1) is 20.8. The third-order valence-corrected chi connectivity index (χ3v) is 7.18. The van der Waals surface area contributed by atoms with Crippen LogP contribution in [0.1, 0.15) is 31.2 Å². The van der Waals surface area contributed by atoms with Gasteiger partial charge in [0.05, 0.1) is 28.2 Å². The molecule has 0 unspecified atom stereocenters. The average molecular weight is 442 g/mol. The van der Waals surface area contributed by atoms with Crippen molar-refractivity contribution in [1.82, 2.24) is 9.55 Å². The zero-order valence-electron chi connectivity index (χ0n) is 16.6. The second kappa shape index (κ2) is 8.00. The average Bonchev–Trinajstić information content (AvgIpc) is 3.29. The minimum atomic E-state index is -3.72. The summed E-state index contributed by atoms with van der Waals surface area (Å²) in [5, 5.41) is 9.34. The van der Waals surface area contributed by atoms with Gasteiger partial charge in [0, 0.05) is 7.05 Å². The van der Waals surface area contributed by atoms with Gasteiger partial charge in [0.15, 0.2) is 11.6 Å². The maximum Gasteiger partial charge on any atom is 0.261 e. The lowest BCUT2D eigenvalue weighted by Crippen LogP contribution is -2.25. The number of hydrogen-bond acceptors (Lipinski definition) is 6. The van der Waals surface area contributed by atoms with Crippen LogP contribution >= 0.6 is 0 Å². The molecule has 0 aliphatic heterocycles. The second-order valence-electron chi connectivity index (χ2n) is 7.41. The van der Waals surface area contributed by atoms with Crippen LogP contribution in [0.15, 0.2) is 41.5 Å². The summed E-state index contributed by atoms with van der Waals surface area (Å²) >= 11 is 0. The van der Waals surface area contributed by atoms with Gasteiger partial charge in [0.25, 0.3) is 5.56 Å². The molecule has 10 heteroatoms. The molecule has 0 radical (unpaired) electrons. The molecule has 4 rings (SSSR count). The van der Waals surface area contributed by atoms with E-state index in [0.717, 1.165) is 18.9 Å². The number of rotatable bonds is 5. The zero-order chi connectivity index (χ0) is 22.2. The Balaban J connectivity index is 1.73. The quantitative estimate of drug-likeness (QED) is 0.648. The molecule has 0 atom stereocenters. The predicted molar refractivity (Wildman–Crippen MR) is 113 cm³/mol. The molecule has 1 heterocycles. The fourth-order valence-corrected chi connectivity index (χ4v) is 5.26. The molecular formula is C21H19FN4O4S. The van der Waals surface area contributed by atoms with Crippen molar-refractivity contribution < 1.29 is 17.5 Å². The lowest BCUT2D eigenvalue weighted by atomic mass is 10.1. The summed E-state index contributed by atoms with van der Waals surface area (Å²) in [5.41, 5.74) is -0.200. The molecular weight excluding hydrogens is 423 g/mol. The van der Waals surface area contributed by atoms with Crippen LogP contribution in [-0.4, -0.2) is 23.2 Å². The summed E-state index contributed by atoms with van der Waals surface area (Å²) in [6.45, 7) is 0. The van der Waals surface area contributed by atoms with Gasteiger partial charge in [-0.3, -0.25) is 9.52 Å². The highest BCUT2D eigenvalue weighted by Crippen LogP contribution is 2.35. The maximum atomic E-state index is 14.6. The number of anilines is 1. The van der Waals surface area contributed by atoms with Crippen LogP contribution in [-0.2, 0) is 17.1 Å². The van der Waals surface area contributed by atoms with E-state index < -0.39 is 26.8 Å². The van der Waals surface area contributed by atoms with Crippen LogP contribution in [0.2, 0.25) is 0 Å². The Bertz CT molecular complexity index is 1370. The number of halogens is 1. The van der Waals surface area contributed by atoms with Gasteiger partial charge in [-0.2, -0.15) is 5.26 Å². The molecule has 0 spiro atoms. The van der Waals surface area contributed by atoms with Gasteiger partial charge in [0.2, 0.25) is 10.0 Å². The van der Waals surface area contributed by atoms with Crippen LogP contribution in [0.5, 0.6) is 11.5 Å². The fraction of sp³-hybridized carbons (Fsp3) is 0.286. The molecule has 1 N–H and O–H groups in total. The lowest BCUT2D eigenvalue weighted by molar-refractivity contribution is 0.441. The van der Waals surface area contributed by atoms with Crippen molar-refractivity contribution in [1.29, 1.82) is 5.26 Å². The highest BCUT2D eigenvalue weighted by molar-refractivity contribution is 7.93. The Morgan fingerprint density at radius 1 is 1.26 bits per heavy atom. The summed E-state index contributed by atoms with van der Waals surface area (Å²) < 4.78 is 49.2. The Morgan fingerprint density at radius 2 is 2.00 bits per heavy atom. The Labute approximate surface area is 178 Å². The van der Waals surface area contributed by atoms with Crippen LogP contribution in [0.25, 0.3) is 10.9 Å². The minimum Gasteiger partial charge on any atom is -0.453 e. The number of sulfonamides is 1. The summed E-state index contributed by atoms with van der Waals surface area (Å²) in [5.74, 6) is -1.14. The summed E-state index contributed by atoms with van der Waals surface area (Å²) in [6.07, 6.45) is 4.12. The third kappa shape index (κ3) is 3.96. The lowest BCUT2D eigenvalue weighted by Gasteiger charge is -2.16. The molecule has 3 aromatic rings. The Hall–Kier alpha value is -3.45. The van der Waals surface area contributed by atoms with E-state index in [-0.39, 0.29) is 27.9 Å². The molecule has 1 fully saturated rings. The van der Waals surface area contributed by atoms with Crippen molar-refractivity contribution in [3.63, 3.8) is 0 Å². The van der Waals surface area contributed by atoms with Crippen molar-refractivity contribution in [2.24, 2.45) is 7.05 Å². The molecule has 1 aliphatic carbocycles. The van der Waals surface area contributed by atoms with Crippen molar-refractivity contribution in [2.75, 3.05) is 4.72 Å². The number of aromatic nitrogens is 2. The van der Waals surface area contributed by atoms with Gasteiger partial charge in [0.1, 0.15) is 17.4 Å². The molecule has 1 saturated carbocycles. The Kier molecular flexibility index (Phi) is 5.37. The number of nitrogens with one attached hydrogen (secondary N) is 1. The molecule has 0 saturated heterocycles. The smallest absolute Gasteiger partial charge is 0.261 e. The summed E-state index contributed by atoms with van der Waals surface area (Å²) in [7, 11) is -2.17. The van der Waals surface area contributed by atoms with Gasteiger partial charge in [-0.05, 0) is 43.2 Å². The molecule has 8 nitrogen and oxygen atoms in total. The van der Waals surface area contributed by atoms with Gasteiger partial charge in [-0.1, -0.05) is 12.8 Å². The molecule has 1 aliphatic rings. The number of aryl methyl sites for hydroxylation is 1. The number of ether oxygens (including phenoxy) is 1. The fourth-order valence-electron chi connectivity index (χ4n) is 3.66. The normalized spacial score (nSPS) is 14.5. The number of nitrogens with zero attached hydrogens (tertiary/aromatic N) is 3. The van der Waals surface area contributed by atoms with Gasteiger partial charge < -0.3 is 9.30 Å². The monoisotopic (exact) mass is 442 g/mol. The van der Waals surface area contributed by atoms with E-state index in [4.69, 9.17) is 4.74 Å². The van der Waals surface area contributed by atoms with E-state index in [2.05, 4.69) is 9.71 Å². The van der Waals surface area contributed by atoms with Crippen molar-refractivity contribution in [3.8, 4) is 17.6 Å². The van der Waals surface area contributed by atoms with Crippen LogP contribution in [0.3, 0.4) is 0 Å². The highest BCUT2D eigenvalue weighted by atomic mass is 32.2. The predicted octanol–water partition coefficient (Wildman–Crippen LogP) is 3.42. The van der Waals surface area contributed by atoms with Crippen LogP contribution < -0.4 is 15.0 Å². The Morgan fingerprint density at radius 3 is 2.71 bits per heavy atom. The largest absolute Gasteiger partial charge is 0.453 e. The van der Waals surface area contributed by atoms with E-state index in [1.54, 1.807) is 13.1 Å². The third-order valence-electron chi connectivity index (χ3n) is 5.32. The number of benzene rings is 2. The maximum absolute atomic E-state index is 14.6. The van der Waals surface area contributed by atoms with Crippen molar-refractivity contribution in [3.05, 3.63) is 58.4 Å². The molecule has 31 heavy (non-hydrogen) atoms. The minimum absolute atomic E-state index is 0.0517. The zero-order valence-corrected chi connectivity index (χ0v) is 17.4. The summed E-state index contributed by atoms with van der Waals surface area (Å²) in [4.78, 5) is 16.5. The number of nitriles is 1. The standard InChI is InChI=1S/C21H19FN4O4S/c1-26-12-24-18-8-6-13(10-15(18)21(26)27)30-20-16(11-23)19(9-7-17(20)22)25-31(28,29)14-4-2-3-5-14/h6-10,12,14,25H,2-5H2,1H3. The topological polar surface area (TPSA) is 114 Å². The molecule has 160 valence electrons. The van der Waals surface area contributed by atoms with E-state index in [1.807, 2.05) is 6.07 Å².